The molecular weight excluding hydrogens is 1050 g/mol. The summed E-state index contributed by atoms with van der Waals surface area (Å²) in [5.41, 5.74) is 2.13. The number of ether oxygens (including phenoxy) is 1. The number of phenols is 4. The van der Waals surface area contributed by atoms with Gasteiger partial charge in [-0.3, -0.25) is 0 Å². The lowest BCUT2D eigenvalue weighted by atomic mass is 9.79. The summed E-state index contributed by atoms with van der Waals surface area (Å²) in [4.78, 5) is 0. The van der Waals surface area contributed by atoms with E-state index in [-0.39, 0.29) is 84.7 Å². The fourth-order valence-corrected chi connectivity index (χ4v) is 11.1. The highest BCUT2D eigenvalue weighted by Gasteiger charge is 2.49. The third-order valence-corrected chi connectivity index (χ3v) is 16.8. The Morgan fingerprint density at radius 1 is 0.346 bits per heavy atom. The van der Waals surface area contributed by atoms with Crippen LogP contribution >= 0.6 is 0 Å². The Labute approximate surface area is 480 Å². The Kier molecular flexibility index (Phi) is 16.6. The van der Waals surface area contributed by atoms with Crippen molar-refractivity contribution >= 4 is 10.1 Å². The van der Waals surface area contributed by atoms with Crippen molar-refractivity contribution in [2.45, 2.75) is 208 Å². The van der Waals surface area contributed by atoms with E-state index in [9.17, 15) is 42.0 Å². The SMILES string of the molecule is CCOc1c2cc(C(C)(C)C)cc1Cc1cc(C(C)(C)C)cc(c1OS(=O)(=O)C(F)(F)F)Cc1cc(C(C)(C)C)cc(c1O)Cc1cc(C(C)(C)C)cc(c1O)Cc1cc(C(C)(C)C)cc(c1O)Cc1cc(C(C)(C)C)cc(c1O)C2. The highest BCUT2D eigenvalue weighted by Crippen LogP contribution is 2.46. The highest BCUT2D eigenvalue weighted by molar-refractivity contribution is 7.88. The minimum Gasteiger partial charge on any atom is -0.507 e. The molecule has 12 heteroatoms. The molecule has 0 radical (unpaired) electrons. The van der Waals surface area contributed by atoms with Gasteiger partial charge in [0.15, 0.2) is 0 Å². The average Bonchev–Trinajstić information content (AvgIpc) is 3.49. The summed E-state index contributed by atoms with van der Waals surface area (Å²) in [6.07, 6.45) is 0.0878. The number of halogens is 3. The molecule has 6 aromatic carbocycles. The van der Waals surface area contributed by atoms with Crippen molar-refractivity contribution in [1.29, 1.82) is 0 Å². The number of phenolic OH excluding ortho intramolecular Hbond substituents is 4. The van der Waals surface area contributed by atoms with Crippen molar-refractivity contribution in [3.63, 3.8) is 0 Å². The van der Waals surface area contributed by atoms with Crippen LogP contribution in [0.4, 0.5) is 13.2 Å². The molecule has 0 saturated carbocycles. The lowest BCUT2D eigenvalue weighted by Gasteiger charge is -2.28. The van der Waals surface area contributed by atoms with Crippen molar-refractivity contribution in [2.24, 2.45) is 0 Å². The van der Waals surface area contributed by atoms with Gasteiger partial charge in [-0.1, -0.05) is 197 Å². The molecule has 0 fully saturated rings. The van der Waals surface area contributed by atoms with Crippen LogP contribution in [-0.4, -0.2) is 41.0 Å². The molecule has 438 valence electrons. The van der Waals surface area contributed by atoms with Crippen LogP contribution in [0.2, 0.25) is 0 Å². The topological polar surface area (TPSA) is 134 Å². The molecule has 7 rings (SSSR count). The first-order valence-corrected chi connectivity index (χ1v) is 29.6. The quantitative estimate of drug-likeness (QED) is 0.101. The van der Waals surface area contributed by atoms with E-state index in [1.165, 1.54) is 0 Å². The predicted octanol–water partition coefficient (Wildman–Crippen LogP) is 16.8. The third-order valence-electron chi connectivity index (χ3n) is 15.8. The zero-order chi connectivity index (χ0) is 60.7. The van der Waals surface area contributed by atoms with Crippen molar-refractivity contribution in [3.8, 4) is 34.5 Å². The van der Waals surface area contributed by atoms with E-state index in [2.05, 4.69) is 62.3 Å². The number of aromatic hydroxyl groups is 4. The Balaban J connectivity index is 1.67. The lowest BCUT2D eigenvalue weighted by molar-refractivity contribution is -0.0500. The summed E-state index contributed by atoms with van der Waals surface area (Å²) < 4.78 is 83.2. The molecule has 1 aliphatic rings. The van der Waals surface area contributed by atoms with E-state index >= 15 is 0 Å². The van der Waals surface area contributed by atoms with Gasteiger partial charge in [-0.15, -0.1) is 0 Å². The van der Waals surface area contributed by atoms with E-state index in [0.29, 0.717) is 66.9 Å². The van der Waals surface area contributed by atoms with Crippen LogP contribution in [-0.2, 0) is 81.1 Å². The maximum atomic E-state index is 14.7. The Morgan fingerprint density at radius 2 is 0.519 bits per heavy atom. The number of alkyl halides is 3. The summed E-state index contributed by atoms with van der Waals surface area (Å²) in [6, 6.07) is 22.9. The van der Waals surface area contributed by atoms with Gasteiger partial charge in [-0.25, -0.2) is 0 Å². The van der Waals surface area contributed by atoms with Crippen molar-refractivity contribution in [2.75, 3.05) is 6.61 Å². The fourth-order valence-electron chi connectivity index (χ4n) is 10.6. The summed E-state index contributed by atoms with van der Waals surface area (Å²) >= 11 is 0. The summed E-state index contributed by atoms with van der Waals surface area (Å²) in [7, 11) is -6.27. The largest absolute Gasteiger partial charge is 0.534 e. The van der Waals surface area contributed by atoms with Crippen LogP contribution in [0.3, 0.4) is 0 Å². The van der Waals surface area contributed by atoms with Crippen molar-refractivity contribution in [3.05, 3.63) is 173 Å². The normalized spacial score (nSPS) is 14.3. The molecule has 0 heterocycles. The number of fused-ring (bicyclic) bond motifs is 12. The van der Waals surface area contributed by atoms with Crippen LogP contribution < -0.4 is 8.92 Å². The molecule has 0 aliphatic heterocycles. The minimum absolute atomic E-state index is 0.0262. The van der Waals surface area contributed by atoms with Gasteiger partial charge < -0.3 is 29.3 Å². The molecule has 0 atom stereocenters. The number of rotatable bonds is 4. The first-order chi connectivity index (χ1) is 36.9. The molecule has 12 bridgehead atoms. The van der Waals surface area contributed by atoms with E-state index in [1.807, 2.05) is 124 Å². The van der Waals surface area contributed by atoms with Gasteiger partial charge in [0.25, 0.3) is 0 Å². The Bertz CT molecular complexity index is 3510. The molecule has 8 nitrogen and oxygen atoms in total. The molecular formula is C69H87F3O8S. The van der Waals surface area contributed by atoms with Crippen LogP contribution in [0, 0.1) is 0 Å². The molecule has 0 unspecified atom stereocenters. The number of hydrogen-bond acceptors (Lipinski definition) is 8. The maximum absolute atomic E-state index is 14.7. The molecule has 6 aromatic rings. The van der Waals surface area contributed by atoms with Crippen molar-refractivity contribution < 1.29 is 50.9 Å². The smallest absolute Gasteiger partial charge is 0.507 e. The van der Waals surface area contributed by atoms with Crippen LogP contribution in [0.1, 0.15) is 232 Å². The first kappa shape index (κ1) is 62.5. The molecule has 81 heavy (non-hydrogen) atoms. The average molecular weight is 1130 g/mol. The first-order valence-electron chi connectivity index (χ1n) is 28.2. The van der Waals surface area contributed by atoms with E-state index in [4.69, 9.17) is 8.92 Å². The fraction of sp³-hybridized carbons (Fsp3) is 0.478. The molecule has 1 aliphatic carbocycles. The maximum Gasteiger partial charge on any atom is 0.534 e. The number of benzene rings is 6. The Hall–Kier alpha value is -6.14. The second-order valence-electron chi connectivity index (χ2n) is 28.8. The Morgan fingerprint density at radius 3 is 0.704 bits per heavy atom. The third kappa shape index (κ3) is 13.7. The molecule has 0 saturated heterocycles. The second kappa shape index (κ2) is 21.6. The summed E-state index contributed by atoms with van der Waals surface area (Å²) in [5, 5.41) is 50.5. The number of hydrogen-bond donors (Lipinski definition) is 4. The molecule has 4 N–H and O–H groups in total. The standard InChI is InChI=1S/C69H87F3O8S/c1-20-79-61-47-24-45-33-53(65(8,9)10)31-43(59(45)75)22-41-29-51(63(2,3)4)27-39(57(41)73)21-40-28-52(64(5,6)7)30-42(58(40)74)23-44-32-54(66(11,12)13)34-46(60(44)76)25-49-37-56(68(17,18)19)38-50(62(49)80-81(77,78)69(70,71)72)26-48(61)36-55(35-47)67(14,15)16/h27-38,73-76H,20-26H2,1-19H3. The van der Waals surface area contributed by atoms with Crippen LogP contribution in [0.25, 0.3) is 0 Å². The van der Waals surface area contributed by atoms with Gasteiger partial charge in [-0.05, 0) is 128 Å². The minimum atomic E-state index is -6.27. The summed E-state index contributed by atoms with van der Waals surface area (Å²) in [5.74, 6) is -0.205. The molecule has 0 spiro atoms. The highest BCUT2D eigenvalue weighted by atomic mass is 32.2. The van der Waals surface area contributed by atoms with Gasteiger partial charge in [-0.2, -0.15) is 21.6 Å². The monoisotopic (exact) mass is 1130 g/mol. The van der Waals surface area contributed by atoms with E-state index in [0.717, 1.165) is 27.8 Å². The van der Waals surface area contributed by atoms with Gasteiger partial charge in [0.1, 0.15) is 34.5 Å². The molecule has 0 amide bonds. The zero-order valence-electron chi connectivity index (χ0n) is 51.3. The van der Waals surface area contributed by atoms with Crippen molar-refractivity contribution in [1.82, 2.24) is 0 Å². The van der Waals surface area contributed by atoms with Gasteiger partial charge in [0.2, 0.25) is 0 Å². The van der Waals surface area contributed by atoms with Gasteiger partial charge >= 0.3 is 15.6 Å². The van der Waals surface area contributed by atoms with Gasteiger partial charge in [0, 0.05) is 49.7 Å². The van der Waals surface area contributed by atoms with Gasteiger partial charge in [0.05, 0.1) is 6.61 Å². The predicted molar refractivity (Wildman–Crippen MR) is 321 cm³/mol. The summed E-state index contributed by atoms with van der Waals surface area (Å²) in [6.45, 7) is 38.9. The second-order valence-corrected chi connectivity index (χ2v) is 30.3. The van der Waals surface area contributed by atoms with Crippen LogP contribution in [0.15, 0.2) is 72.8 Å². The van der Waals surface area contributed by atoms with Crippen LogP contribution in [0.5, 0.6) is 34.5 Å². The zero-order valence-corrected chi connectivity index (χ0v) is 52.2. The van der Waals surface area contributed by atoms with E-state index in [1.54, 1.807) is 18.2 Å². The van der Waals surface area contributed by atoms with E-state index < -0.39 is 48.5 Å². The lowest BCUT2D eigenvalue weighted by Crippen LogP contribution is -2.29. The molecule has 0 aromatic heterocycles.